The van der Waals surface area contributed by atoms with E-state index in [1.54, 1.807) is 4.90 Å². The van der Waals surface area contributed by atoms with E-state index in [1.165, 1.54) is 6.07 Å². The summed E-state index contributed by atoms with van der Waals surface area (Å²) >= 11 is 0. The SMILES string of the molecule is CC1c2cc(F)cc(F)c2CCN1C(=O)CCC1CCNC1. The minimum Gasteiger partial charge on any atom is -0.336 e. The van der Waals surface area contributed by atoms with Crippen LogP contribution in [0, 0.1) is 17.6 Å². The zero-order valence-electron chi connectivity index (χ0n) is 12.9. The van der Waals surface area contributed by atoms with Crippen molar-refractivity contribution in [3.63, 3.8) is 0 Å². The molecule has 2 heterocycles. The summed E-state index contributed by atoms with van der Waals surface area (Å²) in [7, 11) is 0. The lowest BCUT2D eigenvalue weighted by molar-refractivity contribution is -0.134. The molecule has 1 saturated heterocycles. The minimum absolute atomic E-state index is 0.0923. The van der Waals surface area contributed by atoms with Crippen molar-refractivity contribution in [3.8, 4) is 0 Å². The summed E-state index contributed by atoms with van der Waals surface area (Å²) in [6.45, 7) is 4.39. The van der Waals surface area contributed by atoms with Gasteiger partial charge in [-0.05, 0) is 62.4 Å². The van der Waals surface area contributed by atoms with Crippen molar-refractivity contribution in [1.82, 2.24) is 10.2 Å². The first-order chi connectivity index (χ1) is 10.6. The predicted molar refractivity (Wildman–Crippen MR) is 80.4 cm³/mol. The van der Waals surface area contributed by atoms with E-state index in [-0.39, 0.29) is 11.9 Å². The van der Waals surface area contributed by atoms with Gasteiger partial charge in [-0.1, -0.05) is 0 Å². The normalized spacial score (nSPS) is 24.4. The molecule has 1 N–H and O–H groups in total. The van der Waals surface area contributed by atoms with Crippen LogP contribution in [0.15, 0.2) is 12.1 Å². The number of fused-ring (bicyclic) bond motifs is 1. The highest BCUT2D eigenvalue weighted by Crippen LogP contribution is 2.32. The van der Waals surface area contributed by atoms with Crippen molar-refractivity contribution in [2.24, 2.45) is 5.92 Å². The lowest BCUT2D eigenvalue weighted by Gasteiger charge is -2.35. The van der Waals surface area contributed by atoms with Gasteiger partial charge in [0.1, 0.15) is 11.6 Å². The number of hydrogen-bond donors (Lipinski definition) is 1. The van der Waals surface area contributed by atoms with Gasteiger partial charge < -0.3 is 10.2 Å². The Kier molecular flexibility index (Phi) is 4.43. The molecule has 22 heavy (non-hydrogen) atoms. The van der Waals surface area contributed by atoms with Crippen LogP contribution >= 0.6 is 0 Å². The van der Waals surface area contributed by atoms with Gasteiger partial charge in [0, 0.05) is 19.0 Å². The van der Waals surface area contributed by atoms with Crippen molar-refractivity contribution in [2.45, 2.75) is 38.6 Å². The van der Waals surface area contributed by atoms with Gasteiger partial charge in [-0.2, -0.15) is 0 Å². The summed E-state index contributed by atoms with van der Waals surface area (Å²) in [6, 6.07) is 2.03. The molecule has 0 bridgehead atoms. The fourth-order valence-electron chi connectivity index (χ4n) is 3.63. The molecule has 0 aromatic heterocycles. The molecule has 2 unspecified atom stereocenters. The standard InChI is InChI=1S/C17H22F2N2O/c1-11-15-8-13(18)9-16(19)14(15)5-7-21(11)17(22)3-2-12-4-6-20-10-12/h8-9,11-12,20H,2-7,10H2,1H3. The number of benzene rings is 1. The summed E-state index contributed by atoms with van der Waals surface area (Å²) in [5.41, 5.74) is 1.16. The van der Waals surface area contributed by atoms with Crippen molar-refractivity contribution >= 4 is 5.91 Å². The molecule has 2 atom stereocenters. The van der Waals surface area contributed by atoms with Gasteiger partial charge >= 0.3 is 0 Å². The minimum atomic E-state index is -0.575. The highest BCUT2D eigenvalue weighted by Gasteiger charge is 2.30. The van der Waals surface area contributed by atoms with Crippen molar-refractivity contribution in [2.75, 3.05) is 19.6 Å². The van der Waals surface area contributed by atoms with E-state index in [4.69, 9.17) is 0 Å². The Morgan fingerprint density at radius 1 is 1.41 bits per heavy atom. The van der Waals surface area contributed by atoms with Crippen LogP contribution in [-0.2, 0) is 11.2 Å². The molecular weight excluding hydrogens is 286 g/mol. The van der Waals surface area contributed by atoms with E-state index in [1.807, 2.05) is 6.92 Å². The average Bonchev–Trinajstić information content (AvgIpc) is 2.99. The molecule has 0 radical (unpaired) electrons. The Labute approximate surface area is 129 Å². The van der Waals surface area contributed by atoms with Gasteiger partial charge in [0.05, 0.1) is 6.04 Å². The average molecular weight is 308 g/mol. The van der Waals surface area contributed by atoms with Crippen LogP contribution < -0.4 is 5.32 Å². The van der Waals surface area contributed by atoms with Gasteiger partial charge in [0.15, 0.2) is 0 Å². The summed E-state index contributed by atoms with van der Waals surface area (Å²) in [4.78, 5) is 14.2. The number of nitrogens with one attached hydrogen (secondary N) is 1. The second-order valence-corrected chi connectivity index (χ2v) is 6.37. The van der Waals surface area contributed by atoms with E-state index < -0.39 is 11.6 Å². The summed E-state index contributed by atoms with van der Waals surface area (Å²) in [6.07, 6.45) is 2.99. The van der Waals surface area contributed by atoms with Crippen molar-refractivity contribution < 1.29 is 13.6 Å². The molecular formula is C17H22F2N2O. The number of nitrogens with zero attached hydrogens (tertiary/aromatic N) is 1. The Hall–Kier alpha value is -1.49. The third-order valence-electron chi connectivity index (χ3n) is 4.96. The van der Waals surface area contributed by atoms with Crippen molar-refractivity contribution in [1.29, 1.82) is 0 Å². The molecule has 0 spiro atoms. The summed E-state index contributed by atoms with van der Waals surface area (Å²) in [5, 5.41) is 3.30. The number of amides is 1. The first-order valence-corrected chi connectivity index (χ1v) is 8.04. The topological polar surface area (TPSA) is 32.3 Å². The Bertz CT molecular complexity index is 570. The summed E-state index contributed by atoms with van der Waals surface area (Å²) in [5.74, 6) is -0.402. The van der Waals surface area contributed by atoms with Gasteiger partial charge in [0.2, 0.25) is 5.91 Å². The van der Waals surface area contributed by atoms with Gasteiger partial charge in [-0.3, -0.25) is 4.79 Å². The van der Waals surface area contributed by atoms with Gasteiger partial charge in [-0.15, -0.1) is 0 Å². The predicted octanol–water partition coefficient (Wildman–Crippen LogP) is 2.80. The molecule has 120 valence electrons. The first-order valence-electron chi connectivity index (χ1n) is 8.04. The zero-order valence-corrected chi connectivity index (χ0v) is 12.9. The maximum Gasteiger partial charge on any atom is 0.223 e. The van der Waals surface area contributed by atoms with E-state index in [0.29, 0.717) is 36.4 Å². The molecule has 0 aliphatic carbocycles. The Balaban J connectivity index is 1.69. The monoisotopic (exact) mass is 308 g/mol. The fraction of sp³-hybridized carbons (Fsp3) is 0.588. The number of carbonyl (C=O) groups is 1. The van der Waals surface area contributed by atoms with Gasteiger partial charge in [-0.25, -0.2) is 8.78 Å². The maximum absolute atomic E-state index is 13.8. The molecule has 5 heteroatoms. The molecule has 1 aromatic carbocycles. The smallest absolute Gasteiger partial charge is 0.223 e. The number of halogens is 2. The number of rotatable bonds is 3. The molecule has 2 aliphatic heterocycles. The third-order valence-corrected chi connectivity index (χ3v) is 4.96. The molecule has 3 nitrogen and oxygen atoms in total. The van der Waals surface area contributed by atoms with Gasteiger partial charge in [0.25, 0.3) is 0 Å². The van der Waals surface area contributed by atoms with Crippen molar-refractivity contribution in [3.05, 3.63) is 34.9 Å². The molecule has 1 aromatic rings. The maximum atomic E-state index is 13.8. The van der Waals surface area contributed by atoms with E-state index >= 15 is 0 Å². The molecule has 3 rings (SSSR count). The highest BCUT2D eigenvalue weighted by molar-refractivity contribution is 5.77. The molecule has 1 fully saturated rings. The second kappa shape index (κ2) is 6.32. The highest BCUT2D eigenvalue weighted by atomic mass is 19.1. The number of hydrogen-bond acceptors (Lipinski definition) is 2. The second-order valence-electron chi connectivity index (χ2n) is 6.37. The van der Waals surface area contributed by atoms with Crippen LogP contribution in [0.25, 0.3) is 0 Å². The number of carbonyl (C=O) groups excluding carboxylic acids is 1. The summed E-state index contributed by atoms with van der Waals surface area (Å²) < 4.78 is 27.3. The first kappa shape index (κ1) is 15.4. The fourth-order valence-corrected chi connectivity index (χ4v) is 3.63. The third kappa shape index (κ3) is 3.00. The quantitative estimate of drug-likeness (QED) is 0.931. The van der Waals surface area contributed by atoms with E-state index in [2.05, 4.69) is 5.32 Å². The largest absolute Gasteiger partial charge is 0.336 e. The van der Waals surface area contributed by atoms with Crippen LogP contribution in [0.3, 0.4) is 0 Å². The van der Waals surface area contributed by atoms with E-state index in [9.17, 15) is 13.6 Å². The van der Waals surface area contributed by atoms with Crippen LogP contribution in [0.1, 0.15) is 43.4 Å². The van der Waals surface area contributed by atoms with Crippen LogP contribution in [0.2, 0.25) is 0 Å². The molecule has 0 saturated carbocycles. The Morgan fingerprint density at radius 3 is 2.95 bits per heavy atom. The lowest BCUT2D eigenvalue weighted by Crippen LogP contribution is -2.39. The lowest BCUT2D eigenvalue weighted by atomic mass is 9.92. The molecule has 1 amide bonds. The van der Waals surface area contributed by atoms with Crippen LogP contribution in [0.4, 0.5) is 8.78 Å². The zero-order chi connectivity index (χ0) is 15.7. The molecule has 2 aliphatic rings. The Morgan fingerprint density at radius 2 is 2.23 bits per heavy atom. The van der Waals surface area contributed by atoms with E-state index in [0.717, 1.165) is 32.0 Å². The van der Waals surface area contributed by atoms with Crippen LogP contribution in [-0.4, -0.2) is 30.4 Å². The van der Waals surface area contributed by atoms with Crippen LogP contribution in [0.5, 0.6) is 0 Å².